The first kappa shape index (κ1) is 29.3. The number of carboxylic acids is 1. The molecule has 4 nitrogen and oxygen atoms in total. The Bertz CT molecular complexity index is 852. The molecule has 4 aliphatic rings. The lowest BCUT2D eigenvalue weighted by Crippen LogP contribution is -2.51. The topological polar surface area (TPSA) is 63.6 Å². The maximum Gasteiger partial charge on any atom is 0.316 e. The van der Waals surface area contributed by atoms with E-state index in [-0.39, 0.29) is 11.9 Å². The van der Waals surface area contributed by atoms with Gasteiger partial charge in [0.1, 0.15) is 5.75 Å². The highest BCUT2D eigenvalue weighted by Crippen LogP contribution is 2.67. The number of hydrogen-bond acceptors (Lipinski definition) is 3. The first-order chi connectivity index (χ1) is 17.5. The molecular formula is C32H54O4S. The zero-order valence-corrected chi connectivity index (χ0v) is 25.1. The Morgan fingerprint density at radius 3 is 2.59 bits per heavy atom. The van der Waals surface area contributed by atoms with Gasteiger partial charge in [-0.25, -0.2) is 0 Å². The lowest BCUT2D eigenvalue weighted by molar-refractivity contribution is -0.133. The molecular weight excluding hydrogens is 480 g/mol. The van der Waals surface area contributed by atoms with Crippen molar-refractivity contribution in [2.75, 3.05) is 18.1 Å². The Morgan fingerprint density at radius 1 is 1.08 bits per heavy atom. The predicted octanol–water partition coefficient (Wildman–Crippen LogP) is 7.64. The SMILES string of the molecule is CC(C)CCC[C@@H](C)[C@H]1CCC2C3CC=C4CC(OCCCS(=O)CC(=O)O)CC[C@]4(C)C3CC[C@@]21C. The van der Waals surface area contributed by atoms with E-state index in [0.29, 0.717) is 29.6 Å². The van der Waals surface area contributed by atoms with Gasteiger partial charge in [0.2, 0.25) is 0 Å². The van der Waals surface area contributed by atoms with Crippen molar-refractivity contribution < 1.29 is 18.8 Å². The first-order valence-corrected chi connectivity index (χ1v) is 16.9. The minimum absolute atomic E-state index is 0.255. The van der Waals surface area contributed by atoms with E-state index in [1.54, 1.807) is 5.57 Å². The van der Waals surface area contributed by atoms with Crippen molar-refractivity contribution in [2.24, 2.45) is 46.3 Å². The maximum absolute atomic E-state index is 11.8. The second-order valence-corrected chi connectivity index (χ2v) is 15.6. The molecule has 0 radical (unpaired) electrons. The van der Waals surface area contributed by atoms with Crippen LogP contribution in [0.25, 0.3) is 0 Å². The average Bonchev–Trinajstić information content (AvgIpc) is 3.18. The minimum atomic E-state index is -1.28. The summed E-state index contributed by atoms with van der Waals surface area (Å²) in [6.45, 7) is 13.1. The molecule has 0 spiro atoms. The Hall–Kier alpha value is -0.680. The Morgan fingerprint density at radius 2 is 1.86 bits per heavy atom. The van der Waals surface area contributed by atoms with Crippen molar-refractivity contribution in [3.63, 3.8) is 0 Å². The van der Waals surface area contributed by atoms with Gasteiger partial charge in [-0.2, -0.15) is 0 Å². The van der Waals surface area contributed by atoms with Crippen molar-refractivity contribution in [2.45, 2.75) is 118 Å². The Balaban J connectivity index is 1.33. The second kappa shape index (κ2) is 12.2. The molecule has 1 N–H and O–H groups in total. The standard InChI is InChI=1S/C32H54O4S/c1-22(2)8-6-9-23(3)27-12-13-28-26-11-10-24-20-25(36-18-7-19-37(35)21-30(33)34)14-16-31(24,4)29(26)15-17-32(27,28)5/h10,22-23,25-29H,6-9,11-21H2,1-5H3,(H,33,34)/t23-,25?,26?,27-,28?,29?,31+,32-,37?/m1/s1. The highest BCUT2D eigenvalue weighted by Gasteiger charge is 2.59. The highest BCUT2D eigenvalue weighted by atomic mass is 32.2. The van der Waals surface area contributed by atoms with Crippen LogP contribution in [0.2, 0.25) is 0 Å². The lowest BCUT2D eigenvalue weighted by atomic mass is 9.47. The van der Waals surface area contributed by atoms with Crippen LogP contribution in [-0.2, 0) is 20.3 Å². The molecule has 4 rings (SSSR count). The van der Waals surface area contributed by atoms with Crippen molar-refractivity contribution in [1.82, 2.24) is 0 Å². The quantitative estimate of drug-likeness (QED) is 0.206. The fourth-order valence-electron chi connectivity index (χ4n) is 9.47. The van der Waals surface area contributed by atoms with Crippen molar-refractivity contribution >= 4 is 16.8 Å². The monoisotopic (exact) mass is 534 g/mol. The van der Waals surface area contributed by atoms with Gasteiger partial charge in [0.15, 0.2) is 0 Å². The summed E-state index contributed by atoms with van der Waals surface area (Å²) in [6, 6.07) is 0. The summed E-state index contributed by atoms with van der Waals surface area (Å²) < 4.78 is 18.0. The van der Waals surface area contributed by atoms with Crippen LogP contribution in [0.1, 0.15) is 112 Å². The van der Waals surface area contributed by atoms with Gasteiger partial charge in [-0.05, 0) is 104 Å². The maximum atomic E-state index is 11.8. The third-order valence-corrected chi connectivity index (χ3v) is 12.7. The molecule has 5 unspecified atom stereocenters. The molecule has 0 aliphatic heterocycles. The minimum Gasteiger partial charge on any atom is -0.481 e. The van der Waals surface area contributed by atoms with Gasteiger partial charge in [-0.3, -0.25) is 9.00 Å². The van der Waals surface area contributed by atoms with Crippen molar-refractivity contribution in [1.29, 1.82) is 0 Å². The van der Waals surface area contributed by atoms with Crippen LogP contribution >= 0.6 is 0 Å². The van der Waals surface area contributed by atoms with Crippen molar-refractivity contribution in [3.05, 3.63) is 11.6 Å². The first-order valence-electron chi connectivity index (χ1n) is 15.4. The highest BCUT2D eigenvalue weighted by molar-refractivity contribution is 7.85. The smallest absolute Gasteiger partial charge is 0.316 e. The number of aliphatic carboxylic acids is 1. The van der Waals surface area contributed by atoms with Crippen molar-refractivity contribution in [3.8, 4) is 0 Å². The van der Waals surface area contributed by atoms with Gasteiger partial charge in [0, 0.05) is 23.2 Å². The van der Waals surface area contributed by atoms with Gasteiger partial charge in [0.05, 0.1) is 6.10 Å². The number of rotatable bonds is 12. The van der Waals surface area contributed by atoms with E-state index in [0.717, 1.165) is 48.3 Å². The van der Waals surface area contributed by atoms with Crippen LogP contribution in [0, 0.1) is 46.3 Å². The van der Waals surface area contributed by atoms with Crippen LogP contribution in [0.3, 0.4) is 0 Å². The van der Waals surface area contributed by atoms with Gasteiger partial charge >= 0.3 is 5.97 Å². The fourth-order valence-corrected chi connectivity index (χ4v) is 10.3. The van der Waals surface area contributed by atoms with Gasteiger partial charge in [-0.1, -0.05) is 65.5 Å². The van der Waals surface area contributed by atoms with E-state index in [2.05, 4.69) is 40.7 Å². The fraction of sp³-hybridized carbons (Fsp3) is 0.906. The number of fused-ring (bicyclic) bond motifs is 5. The molecule has 0 aromatic rings. The molecule has 212 valence electrons. The Kier molecular flexibility index (Phi) is 9.69. The normalized spacial score (nSPS) is 38.9. The molecule has 9 atom stereocenters. The number of ether oxygens (including phenoxy) is 1. The van der Waals surface area contributed by atoms with E-state index in [1.165, 1.54) is 57.8 Å². The molecule has 0 aromatic heterocycles. The molecule has 37 heavy (non-hydrogen) atoms. The van der Waals surface area contributed by atoms with Gasteiger partial charge in [-0.15, -0.1) is 0 Å². The average molecular weight is 535 g/mol. The molecule has 3 fully saturated rings. The summed E-state index contributed by atoms with van der Waals surface area (Å²) >= 11 is 0. The lowest BCUT2D eigenvalue weighted by Gasteiger charge is -2.58. The van der Waals surface area contributed by atoms with E-state index in [1.807, 2.05) is 0 Å². The zero-order chi connectivity index (χ0) is 26.8. The van der Waals surface area contributed by atoms with Crippen LogP contribution in [0.5, 0.6) is 0 Å². The number of carboxylic acid groups (broad SMARTS) is 1. The number of hydrogen-bond donors (Lipinski definition) is 1. The molecule has 0 aromatic carbocycles. The molecule has 0 amide bonds. The molecule has 5 heteroatoms. The summed E-state index contributed by atoms with van der Waals surface area (Å²) in [5.41, 5.74) is 2.54. The van der Waals surface area contributed by atoms with Crippen LogP contribution in [0.4, 0.5) is 0 Å². The number of carbonyl (C=O) groups is 1. The zero-order valence-electron chi connectivity index (χ0n) is 24.3. The van der Waals surface area contributed by atoms with E-state index in [9.17, 15) is 9.00 Å². The molecule has 4 aliphatic carbocycles. The molecule has 0 heterocycles. The Labute approximate surface area is 229 Å². The summed E-state index contributed by atoms with van der Waals surface area (Å²) in [5.74, 6) is 4.38. The summed E-state index contributed by atoms with van der Waals surface area (Å²) in [7, 11) is -1.28. The van der Waals surface area contributed by atoms with E-state index < -0.39 is 16.8 Å². The van der Waals surface area contributed by atoms with Gasteiger partial charge in [0.25, 0.3) is 0 Å². The largest absolute Gasteiger partial charge is 0.481 e. The molecule has 0 saturated heterocycles. The van der Waals surface area contributed by atoms with Gasteiger partial charge < -0.3 is 9.84 Å². The van der Waals surface area contributed by atoms with Crippen LogP contribution < -0.4 is 0 Å². The summed E-state index contributed by atoms with van der Waals surface area (Å²) in [6.07, 6.45) is 18.2. The number of allylic oxidation sites excluding steroid dienone is 1. The predicted molar refractivity (Wildman–Crippen MR) is 153 cm³/mol. The van der Waals surface area contributed by atoms with E-state index in [4.69, 9.17) is 9.84 Å². The summed E-state index contributed by atoms with van der Waals surface area (Å²) in [5, 5.41) is 8.78. The molecule has 0 bridgehead atoms. The second-order valence-electron chi connectivity index (χ2n) is 14.1. The molecule has 3 saturated carbocycles. The van der Waals surface area contributed by atoms with E-state index >= 15 is 0 Å². The van der Waals surface area contributed by atoms with Crippen LogP contribution in [-0.4, -0.2) is 39.5 Å². The van der Waals surface area contributed by atoms with Crippen LogP contribution in [0.15, 0.2) is 11.6 Å². The third kappa shape index (κ3) is 6.39. The third-order valence-electron chi connectivity index (χ3n) is 11.4. The summed E-state index contributed by atoms with van der Waals surface area (Å²) in [4.78, 5) is 10.7.